The molecule has 1 heterocycles. The van der Waals surface area contributed by atoms with E-state index in [1.807, 2.05) is 24.3 Å². The SMILES string of the molecule is O=C(Nc1cccc(Cl)c1)C1CC(=O)N(CCc2ccc(Cl)cc2)C(=Nc2cccc(Cl)c2)S1. The largest absolute Gasteiger partial charge is 0.325 e. The summed E-state index contributed by atoms with van der Waals surface area (Å²) in [7, 11) is 0. The minimum atomic E-state index is -0.629. The molecule has 0 radical (unpaired) electrons. The maximum Gasteiger partial charge on any atom is 0.238 e. The number of amidine groups is 1. The minimum Gasteiger partial charge on any atom is -0.325 e. The highest BCUT2D eigenvalue weighted by Gasteiger charge is 2.35. The van der Waals surface area contributed by atoms with Crippen LogP contribution in [-0.4, -0.2) is 33.7 Å². The average molecular weight is 533 g/mol. The lowest BCUT2D eigenvalue weighted by Crippen LogP contribution is -2.46. The van der Waals surface area contributed by atoms with E-state index in [0.717, 1.165) is 5.56 Å². The molecule has 34 heavy (non-hydrogen) atoms. The molecule has 9 heteroatoms. The number of aliphatic imine (C=N–C) groups is 1. The van der Waals surface area contributed by atoms with Crippen LogP contribution in [0.4, 0.5) is 11.4 Å². The summed E-state index contributed by atoms with van der Waals surface area (Å²) in [5, 5.41) is 4.38. The van der Waals surface area contributed by atoms with Crippen LogP contribution < -0.4 is 5.32 Å². The zero-order valence-electron chi connectivity index (χ0n) is 17.9. The Morgan fingerprint density at radius 3 is 2.38 bits per heavy atom. The number of anilines is 1. The molecule has 3 aromatic carbocycles. The number of benzene rings is 3. The van der Waals surface area contributed by atoms with Crippen molar-refractivity contribution in [1.29, 1.82) is 0 Å². The number of nitrogens with zero attached hydrogens (tertiary/aromatic N) is 2. The van der Waals surface area contributed by atoms with E-state index < -0.39 is 5.25 Å². The molecule has 0 spiro atoms. The maximum atomic E-state index is 13.1. The van der Waals surface area contributed by atoms with Gasteiger partial charge in [-0.25, -0.2) is 4.99 Å². The summed E-state index contributed by atoms with van der Waals surface area (Å²) in [5.41, 5.74) is 2.23. The Bertz CT molecular complexity index is 1230. The second kappa shape index (κ2) is 11.3. The van der Waals surface area contributed by atoms with Gasteiger partial charge in [-0.05, 0) is 60.5 Å². The van der Waals surface area contributed by atoms with E-state index in [9.17, 15) is 9.59 Å². The Hall–Kier alpha value is -2.51. The Balaban J connectivity index is 1.55. The summed E-state index contributed by atoms with van der Waals surface area (Å²) in [6, 6.07) is 21.4. The highest BCUT2D eigenvalue weighted by atomic mass is 35.5. The van der Waals surface area contributed by atoms with Gasteiger partial charge in [0.25, 0.3) is 0 Å². The van der Waals surface area contributed by atoms with Crippen LogP contribution in [0.15, 0.2) is 77.8 Å². The molecule has 0 saturated carbocycles. The molecule has 1 N–H and O–H groups in total. The number of hydrogen-bond donors (Lipinski definition) is 1. The zero-order valence-corrected chi connectivity index (χ0v) is 21.0. The fraction of sp³-hybridized carbons (Fsp3) is 0.160. The molecule has 3 aromatic rings. The molecule has 4 rings (SSSR count). The normalized spacial score (nSPS) is 17.1. The van der Waals surface area contributed by atoms with Gasteiger partial charge in [-0.2, -0.15) is 0 Å². The molecule has 1 aliphatic rings. The predicted octanol–water partition coefficient (Wildman–Crippen LogP) is 6.85. The van der Waals surface area contributed by atoms with Crippen molar-refractivity contribution >= 4 is 74.9 Å². The standard InChI is InChI=1S/C25H20Cl3N3O2S/c26-17-9-7-16(8-10-17)11-12-31-23(32)15-22(24(33)29-20-5-1-3-18(27)13-20)34-25(31)30-21-6-2-4-19(28)14-21/h1-10,13-14,22H,11-12,15H2,(H,29,33). The summed E-state index contributed by atoms with van der Waals surface area (Å²) in [5.74, 6) is -0.448. The van der Waals surface area contributed by atoms with Crippen molar-refractivity contribution in [1.82, 2.24) is 4.90 Å². The van der Waals surface area contributed by atoms with E-state index in [2.05, 4.69) is 10.3 Å². The quantitative estimate of drug-likeness (QED) is 0.378. The van der Waals surface area contributed by atoms with E-state index in [-0.39, 0.29) is 18.2 Å². The second-order valence-electron chi connectivity index (χ2n) is 7.61. The van der Waals surface area contributed by atoms with E-state index >= 15 is 0 Å². The van der Waals surface area contributed by atoms with Gasteiger partial charge in [0.15, 0.2) is 5.17 Å². The number of rotatable bonds is 6. The van der Waals surface area contributed by atoms with Crippen LogP contribution in [0.5, 0.6) is 0 Å². The van der Waals surface area contributed by atoms with Gasteiger partial charge in [-0.15, -0.1) is 0 Å². The van der Waals surface area contributed by atoms with Gasteiger partial charge in [0, 0.05) is 33.7 Å². The topological polar surface area (TPSA) is 61.8 Å². The van der Waals surface area contributed by atoms with Crippen molar-refractivity contribution in [3.63, 3.8) is 0 Å². The first-order valence-electron chi connectivity index (χ1n) is 10.5. The van der Waals surface area contributed by atoms with Crippen LogP contribution in [-0.2, 0) is 16.0 Å². The van der Waals surface area contributed by atoms with Gasteiger partial charge < -0.3 is 5.32 Å². The molecule has 1 unspecified atom stereocenters. The van der Waals surface area contributed by atoms with Gasteiger partial charge in [0.1, 0.15) is 5.25 Å². The number of carbonyl (C=O) groups excluding carboxylic acids is 2. The van der Waals surface area contributed by atoms with Crippen molar-refractivity contribution in [2.75, 3.05) is 11.9 Å². The van der Waals surface area contributed by atoms with Gasteiger partial charge >= 0.3 is 0 Å². The molecule has 174 valence electrons. The first-order valence-corrected chi connectivity index (χ1v) is 12.5. The van der Waals surface area contributed by atoms with Crippen LogP contribution in [0.3, 0.4) is 0 Å². The number of thioether (sulfide) groups is 1. The van der Waals surface area contributed by atoms with Gasteiger partial charge in [0.2, 0.25) is 11.8 Å². The number of nitrogens with one attached hydrogen (secondary N) is 1. The monoisotopic (exact) mass is 531 g/mol. The van der Waals surface area contributed by atoms with E-state index in [4.69, 9.17) is 34.8 Å². The van der Waals surface area contributed by atoms with Gasteiger partial charge in [-0.3, -0.25) is 14.5 Å². The Labute approximate surface area is 217 Å². The molecule has 1 saturated heterocycles. The summed E-state index contributed by atoms with van der Waals surface area (Å²) < 4.78 is 0. The second-order valence-corrected chi connectivity index (χ2v) is 10.1. The molecule has 0 aromatic heterocycles. The molecule has 1 aliphatic heterocycles. The van der Waals surface area contributed by atoms with Crippen LogP contribution in [0, 0.1) is 0 Å². The zero-order chi connectivity index (χ0) is 24.1. The van der Waals surface area contributed by atoms with Crippen molar-refractivity contribution in [2.24, 2.45) is 4.99 Å². The Kier molecular flexibility index (Phi) is 8.16. The number of amides is 2. The fourth-order valence-corrected chi connectivity index (χ4v) is 5.02. The highest BCUT2D eigenvalue weighted by Crippen LogP contribution is 2.31. The van der Waals surface area contributed by atoms with Crippen LogP contribution in [0.2, 0.25) is 15.1 Å². The van der Waals surface area contributed by atoms with Gasteiger partial charge in [0.05, 0.1) is 5.69 Å². The van der Waals surface area contributed by atoms with Crippen LogP contribution >= 0.6 is 46.6 Å². The van der Waals surface area contributed by atoms with E-state index in [1.165, 1.54) is 11.8 Å². The van der Waals surface area contributed by atoms with Crippen LogP contribution in [0.1, 0.15) is 12.0 Å². The maximum absolute atomic E-state index is 13.1. The van der Waals surface area contributed by atoms with Crippen LogP contribution in [0.25, 0.3) is 0 Å². The lowest BCUT2D eigenvalue weighted by Gasteiger charge is -2.32. The lowest BCUT2D eigenvalue weighted by atomic mass is 10.1. The molecule has 1 atom stereocenters. The van der Waals surface area contributed by atoms with E-state index in [0.29, 0.717) is 44.6 Å². The Morgan fingerprint density at radius 1 is 0.971 bits per heavy atom. The van der Waals surface area contributed by atoms with Crippen molar-refractivity contribution < 1.29 is 9.59 Å². The molecule has 0 aliphatic carbocycles. The lowest BCUT2D eigenvalue weighted by molar-refractivity contribution is -0.129. The molecule has 1 fully saturated rings. The first kappa shape index (κ1) is 24.6. The summed E-state index contributed by atoms with van der Waals surface area (Å²) in [6.45, 7) is 0.426. The third kappa shape index (κ3) is 6.54. The fourth-order valence-electron chi connectivity index (χ4n) is 3.40. The van der Waals surface area contributed by atoms with Crippen molar-refractivity contribution in [3.8, 4) is 0 Å². The Morgan fingerprint density at radius 2 is 1.68 bits per heavy atom. The predicted molar refractivity (Wildman–Crippen MR) is 141 cm³/mol. The van der Waals surface area contributed by atoms with Crippen molar-refractivity contribution in [3.05, 3.63) is 93.4 Å². The van der Waals surface area contributed by atoms with Crippen molar-refractivity contribution in [2.45, 2.75) is 18.1 Å². The summed E-state index contributed by atoms with van der Waals surface area (Å²) >= 11 is 19.4. The number of halogens is 3. The summed E-state index contributed by atoms with van der Waals surface area (Å²) in [4.78, 5) is 32.4. The average Bonchev–Trinajstić information content (AvgIpc) is 2.79. The number of hydrogen-bond acceptors (Lipinski definition) is 4. The number of carbonyl (C=O) groups is 2. The molecule has 0 bridgehead atoms. The summed E-state index contributed by atoms with van der Waals surface area (Å²) in [6.07, 6.45) is 0.684. The smallest absolute Gasteiger partial charge is 0.238 e. The highest BCUT2D eigenvalue weighted by molar-refractivity contribution is 8.15. The molecular weight excluding hydrogens is 513 g/mol. The van der Waals surface area contributed by atoms with E-state index in [1.54, 1.807) is 53.4 Å². The molecular formula is C25H20Cl3N3O2S. The minimum absolute atomic E-state index is 0.0618. The van der Waals surface area contributed by atoms with Gasteiger partial charge in [-0.1, -0.05) is 70.8 Å². The third-order valence-corrected chi connectivity index (χ3v) is 7.00. The molecule has 5 nitrogen and oxygen atoms in total. The first-order chi connectivity index (χ1) is 16.4. The third-order valence-electron chi connectivity index (χ3n) is 5.09. The molecule has 2 amide bonds.